The molecular weight excluding hydrogens is 346 g/mol. The topological polar surface area (TPSA) is 49.2 Å². The summed E-state index contributed by atoms with van der Waals surface area (Å²) in [6, 6.07) is 16.2. The molecule has 2 aromatic heterocycles. The maximum atomic E-state index is 12.3. The second kappa shape index (κ2) is 8.21. The van der Waals surface area contributed by atoms with Crippen LogP contribution in [0.25, 0.3) is 0 Å². The van der Waals surface area contributed by atoms with Gasteiger partial charge in [0.25, 0.3) is 0 Å². The zero-order chi connectivity index (χ0) is 19.4. The summed E-state index contributed by atoms with van der Waals surface area (Å²) in [7, 11) is 0. The molecule has 1 atom stereocenters. The maximum Gasteiger partial charge on any atom is 0.137 e. The van der Waals surface area contributed by atoms with Crippen molar-refractivity contribution in [3.05, 3.63) is 95.6 Å². The Kier molecular flexibility index (Phi) is 5.51. The van der Waals surface area contributed by atoms with Gasteiger partial charge in [0, 0.05) is 35.9 Å². The molecule has 1 aliphatic heterocycles. The van der Waals surface area contributed by atoms with E-state index in [1.54, 1.807) is 24.8 Å². The van der Waals surface area contributed by atoms with E-state index in [1.807, 2.05) is 24.3 Å². The number of aromatic nitrogens is 2. The molecule has 3 heterocycles. The third-order valence-corrected chi connectivity index (χ3v) is 5.81. The van der Waals surface area contributed by atoms with Crippen LogP contribution >= 0.6 is 0 Å². The van der Waals surface area contributed by atoms with E-state index in [4.69, 9.17) is 0 Å². The van der Waals surface area contributed by atoms with Gasteiger partial charge < -0.3 is 5.11 Å². The van der Waals surface area contributed by atoms with E-state index in [1.165, 1.54) is 5.56 Å². The van der Waals surface area contributed by atoms with Crippen molar-refractivity contribution in [1.82, 2.24) is 14.9 Å². The first-order valence-corrected chi connectivity index (χ1v) is 10.1. The highest BCUT2D eigenvalue weighted by Gasteiger charge is 2.45. The minimum absolute atomic E-state index is 0.200. The summed E-state index contributed by atoms with van der Waals surface area (Å²) in [5.41, 5.74) is 2.77. The van der Waals surface area contributed by atoms with Gasteiger partial charge in [-0.1, -0.05) is 43.3 Å². The molecule has 0 bridgehead atoms. The first kappa shape index (κ1) is 18.8. The van der Waals surface area contributed by atoms with Gasteiger partial charge in [-0.15, -0.1) is 0 Å². The van der Waals surface area contributed by atoms with Crippen LogP contribution in [-0.2, 0) is 12.0 Å². The van der Waals surface area contributed by atoms with Gasteiger partial charge in [-0.3, -0.25) is 14.9 Å². The molecule has 1 N–H and O–H groups in total. The molecule has 4 nitrogen and oxygen atoms in total. The Hall–Kier alpha value is -2.56. The van der Waals surface area contributed by atoms with Crippen LogP contribution in [0.2, 0.25) is 0 Å². The van der Waals surface area contributed by atoms with Crippen LogP contribution in [0.3, 0.4) is 0 Å². The molecule has 1 fully saturated rings. The molecule has 1 aromatic carbocycles. The molecular formula is C24H27N3O. The third-order valence-electron chi connectivity index (χ3n) is 5.81. The fourth-order valence-electron chi connectivity index (χ4n) is 4.31. The SMILES string of the molecule is CCc1ccc(C(N2CCCC2)C(O)(c2cccnc2)c2cccnc2)cc1. The largest absolute Gasteiger partial charge is 0.378 e. The smallest absolute Gasteiger partial charge is 0.137 e. The Morgan fingerprint density at radius 3 is 1.96 bits per heavy atom. The zero-order valence-electron chi connectivity index (χ0n) is 16.3. The summed E-state index contributed by atoms with van der Waals surface area (Å²) in [4.78, 5) is 11.0. The van der Waals surface area contributed by atoms with Crippen LogP contribution in [-0.4, -0.2) is 33.1 Å². The van der Waals surface area contributed by atoms with Gasteiger partial charge in [-0.05, 0) is 55.6 Å². The lowest BCUT2D eigenvalue weighted by atomic mass is 9.77. The molecule has 0 spiro atoms. The molecule has 1 saturated heterocycles. The molecule has 3 aromatic rings. The number of pyridine rings is 2. The highest BCUT2D eigenvalue weighted by molar-refractivity contribution is 5.40. The van der Waals surface area contributed by atoms with Crippen molar-refractivity contribution in [3.63, 3.8) is 0 Å². The molecule has 1 unspecified atom stereocenters. The molecule has 4 rings (SSSR count). The summed E-state index contributed by atoms with van der Waals surface area (Å²) in [6.07, 6.45) is 10.3. The summed E-state index contributed by atoms with van der Waals surface area (Å²) < 4.78 is 0. The lowest BCUT2D eigenvalue weighted by molar-refractivity contribution is -0.0152. The first-order valence-electron chi connectivity index (χ1n) is 10.1. The number of nitrogens with zero attached hydrogens (tertiary/aromatic N) is 3. The molecule has 144 valence electrons. The minimum atomic E-state index is -1.24. The van der Waals surface area contributed by atoms with Crippen LogP contribution in [0.1, 0.15) is 48.1 Å². The van der Waals surface area contributed by atoms with Crippen LogP contribution in [0, 0.1) is 0 Å². The van der Waals surface area contributed by atoms with E-state index < -0.39 is 5.60 Å². The molecule has 0 radical (unpaired) electrons. The van der Waals surface area contributed by atoms with Crippen molar-refractivity contribution >= 4 is 0 Å². The fraction of sp³-hybridized carbons (Fsp3) is 0.333. The predicted molar refractivity (Wildman–Crippen MR) is 111 cm³/mol. The van der Waals surface area contributed by atoms with Crippen molar-refractivity contribution in [2.45, 2.75) is 37.8 Å². The highest BCUT2D eigenvalue weighted by Crippen LogP contribution is 2.45. The van der Waals surface area contributed by atoms with Gasteiger partial charge in [-0.2, -0.15) is 0 Å². The van der Waals surface area contributed by atoms with Gasteiger partial charge in [0.2, 0.25) is 0 Å². The number of hydrogen-bond donors (Lipinski definition) is 1. The Labute approximate surface area is 166 Å². The summed E-state index contributed by atoms with van der Waals surface area (Å²) in [5, 5.41) is 12.3. The highest BCUT2D eigenvalue weighted by atomic mass is 16.3. The monoisotopic (exact) mass is 373 g/mol. The van der Waals surface area contributed by atoms with Crippen LogP contribution in [0.15, 0.2) is 73.3 Å². The summed E-state index contributed by atoms with van der Waals surface area (Å²) in [5.74, 6) is 0. The van der Waals surface area contributed by atoms with Crippen LogP contribution in [0.4, 0.5) is 0 Å². The van der Waals surface area contributed by atoms with Gasteiger partial charge in [0.1, 0.15) is 5.60 Å². The number of aliphatic hydroxyl groups is 1. The number of benzene rings is 1. The quantitative estimate of drug-likeness (QED) is 0.706. The molecule has 0 saturated carbocycles. The number of likely N-dealkylation sites (tertiary alicyclic amines) is 1. The van der Waals surface area contributed by atoms with E-state index in [0.29, 0.717) is 0 Å². The lowest BCUT2D eigenvalue weighted by Crippen LogP contribution is -2.44. The second-order valence-corrected chi connectivity index (χ2v) is 7.49. The average molecular weight is 374 g/mol. The number of aryl methyl sites for hydroxylation is 1. The van der Waals surface area contributed by atoms with Gasteiger partial charge in [0.15, 0.2) is 0 Å². The Bertz CT molecular complexity index is 835. The Balaban J connectivity index is 1.90. The molecule has 28 heavy (non-hydrogen) atoms. The Morgan fingerprint density at radius 2 is 1.50 bits per heavy atom. The predicted octanol–water partition coefficient (Wildman–Crippen LogP) is 4.11. The van der Waals surface area contributed by atoms with E-state index in [-0.39, 0.29) is 6.04 Å². The minimum Gasteiger partial charge on any atom is -0.378 e. The molecule has 0 amide bonds. The zero-order valence-corrected chi connectivity index (χ0v) is 16.3. The first-order chi connectivity index (χ1) is 13.7. The van der Waals surface area contributed by atoms with Crippen molar-refractivity contribution < 1.29 is 5.11 Å². The third kappa shape index (κ3) is 3.46. The average Bonchev–Trinajstić information content (AvgIpc) is 3.29. The van der Waals surface area contributed by atoms with E-state index in [9.17, 15) is 5.11 Å². The van der Waals surface area contributed by atoms with E-state index in [0.717, 1.165) is 49.0 Å². The normalized spacial score (nSPS) is 16.2. The van der Waals surface area contributed by atoms with E-state index >= 15 is 0 Å². The molecule has 0 aliphatic carbocycles. The fourth-order valence-corrected chi connectivity index (χ4v) is 4.31. The lowest BCUT2D eigenvalue weighted by Gasteiger charge is -2.42. The van der Waals surface area contributed by atoms with Crippen LogP contribution < -0.4 is 0 Å². The second-order valence-electron chi connectivity index (χ2n) is 7.49. The van der Waals surface area contributed by atoms with E-state index in [2.05, 4.69) is 46.1 Å². The van der Waals surface area contributed by atoms with Crippen molar-refractivity contribution in [2.24, 2.45) is 0 Å². The molecule has 1 aliphatic rings. The van der Waals surface area contributed by atoms with Crippen molar-refractivity contribution in [1.29, 1.82) is 0 Å². The standard InChI is InChI=1S/C24H27N3O/c1-2-19-9-11-20(12-10-19)23(27-15-3-4-16-27)24(28,21-7-5-13-25-17-21)22-8-6-14-26-18-22/h5-14,17-18,23,28H,2-4,15-16H2,1H3. The molecule has 4 heteroatoms. The summed E-state index contributed by atoms with van der Waals surface area (Å²) in [6.45, 7) is 4.11. The number of rotatable bonds is 6. The van der Waals surface area contributed by atoms with Crippen molar-refractivity contribution in [2.75, 3.05) is 13.1 Å². The number of hydrogen-bond acceptors (Lipinski definition) is 4. The van der Waals surface area contributed by atoms with Crippen LogP contribution in [0.5, 0.6) is 0 Å². The van der Waals surface area contributed by atoms with Gasteiger partial charge >= 0.3 is 0 Å². The Morgan fingerprint density at radius 1 is 0.929 bits per heavy atom. The van der Waals surface area contributed by atoms with Crippen molar-refractivity contribution in [3.8, 4) is 0 Å². The maximum absolute atomic E-state index is 12.3. The summed E-state index contributed by atoms with van der Waals surface area (Å²) >= 11 is 0. The van der Waals surface area contributed by atoms with Gasteiger partial charge in [-0.25, -0.2) is 0 Å². The van der Waals surface area contributed by atoms with Gasteiger partial charge in [0.05, 0.1) is 6.04 Å².